The molecular weight excluding hydrogens is 362 g/mol. The lowest BCUT2D eigenvalue weighted by atomic mass is 10.1. The number of pyridine rings is 1. The van der Waals surface area contributed by atoms with Crippen molar-refractivity contribution in [1.29, 1.82) is 0 Å². The maximum atomic E-state index is 13.2. The monoisotopic (exact) mass is 385 g/mol. The van der Waals surface area contributed by atoms with Gasteiger partial charge in [0.1, 0.15) is 5.56 Å². The van der Waals surface area contributed by atoms with Crippen molar-refractivity contribution in [3.05, 3.63) is 87.7 Å². The quantitative estimate of drug-likeness (QED) is 0.691. The molecule has 29 heavy (non-hydrogen) atoms. The molecule has 0 aliphatic carbocycles. The summed E-state index contributed by atoms with van der Waals surface area (Å²) in [4.78, 5) is 30.3. The lowest BCUT2D eigenvalue weighted by Crippen LogP contribution is -2.29. The van der Waals surface area contributed by atoms with E-state index in [1.165, 1.54) is 11.1 Å². The van der Waals surface area contributed by atoms with E-state index in [0.29, 0.717) is 18.8 Å². The number of amides is 1. The summed E-state index contributed by atoms with van der Waals surface area (Å²) < 4.78 is 1.70. The number of para-hydroxylation sites is 1. The highest BCUT2D eigenvalue weighted by atomic mass is 16.2. The van der Waals surface area contributed by atoms with Crippen molar-refractivity contribution in [2.75, 3.05) is 11.9 Å². The molecule has 3 aromatic rings. The van der Waals surface area contributed by atoms with Crippen LogP contribution in [0, 0.1) is 0 Å². The van der Waals surface area contributed by atoms with Gasteiger partial charge in [-0.05, 0) is 59.7 Å². The van der Waals surface area contributed by atoms with Gasteiger partial charge < -0.3 is 9.88 Å². The Morgan fingerprint density at radius 3 is 2.66 bits per heavy atom. The predicted octanol–water partition coefficient (Wildman–Crippen LogP) is 4.22. The molecule has 0 bridgehead atoms. The molecule has 5 nitrogen and oxygen atoms in total. The normalized spacial score (nSPS) is 12.9. The van der Waals surface area contributed by atoms with Crippen molar-refractivity contribution in [2.45, 2.75) is 26.3 Å². The van der Waals surface area contributed by atoms with Gasteiger partial charge >= 0.3 is 0 Å². The van der Waals surface area contributed by atoms with Gasteiger partial charge in [0.2, 0.25) is 0 Å². The molecule has 0 unspecified atom stereocenters. The highest BCUT2D eigenvalue weighted by molar-refractivity contribution is 6.05. The third-order valence-corrected chi connectivity index (χ3v) is 5.23. The summed E-state index contributed by atoms with van der Waals surface area (Å²) in [7, 11) is 0. The Bertz CT molecular complexity index is 1170. The first-order valence-corrected chi connectivity index (χ1v) is 9.86. The molecule has 2 heterocycles. The van der Waals surface area contributed by atoms with Crippen LogP contribution in [-0.4, -0.2) is 23.2 Å². The Morgan fingerprint density at radius 2 is 1.93 bits per heavy atom. The van der Waals surface area contributed by atoms with Crippen molar-refractivity contribution in [2.24, 2.45) is 4.99 Å². The van der Waals surface area contributed by atoms with Crippen LogP contribution in [0.5, 0.6) is 0 Å². The standard InChI is InChI=1S/C24H23N3O2/c1-2-17-7-9-20(10-8-17)26-23(28)21-15-19-5-3-4-6-22(19)27(24(21)29)14-12-18-11-13-25-16-18/h3-11,13,15H,2,12,14,16H2,1H3,(H,26,28). The molecule has 4 rings (SSSR count). The maximum Gasteiger partial charge on any atom is 0.263 e. The molecule has 0 radical (unpaired) electrons. The van der Waals surface area contributed by atoms with E-state index in [2.05, 4.69) is 17.2 Å². The van der Waals surface area contributed by atoms with Crippen LogP contribution in [-0.2, 0) is 13.0 Å². The molecule has 1 aliphatic heterocycles. The summed E-state index contributed by atoms with van der Waals surface area (Å²) in [6, 6.07) is 17.0. The number of nitrogens with one attached hydrogen (secondary N) is 1. The zero-order valence-corrected chi connectivity index (χ0v) is 16.4. The first kappa shape index (κ1) is 18.9. The summed E-state index contributed by atoms with van der Waals surface area (Å²) in [5, 5.41) is 3.73. The highest BCUT2D eigenvalue weighted by Gasteiger charge is 2.16. The number of carbonyl (C=O) groups is 1. The molecule has 5 heteroatoms. The Balaban J connectivity index is 1.66. The van der Waals surface area contributed by atoms with E-state index in [4.69, 9.17) is 0 Å². The van der Waals surface area contributed by atoms with Crippen molar-refractivity contribution < 1.29 is 4.79 Å². The minimum atomic E-state index is -0.387. The smallest absolute Gasteiger partial charge is 0.263 e. The van der Waals surface area contributed by atoms with Gasteiger partial charge in [0, 0.05) is 18.4 Å². The van der Waals surface area contributed by atoms with E-state index < -0.39 is 0 Å². The summed E-state index contributed by atoms with van der Waals surface area (Å²) in [5.41, 5.74) is 3.78. The number of rotatable bonds is 6. The second kappa shape index (κ2) is 8.27. The molecule has 1 aromatic heterocycles. The number of nitrogens with zero attached hydrogens (tertiary/aromatic N) is 2. The van der Waals surface area contributed by atoms with E-state index in [9.17, 15) is 9.59 Å². The number of anilines is 1. The predicted molar refractivity (Wildman–Crippen MR) is 118 cm³/mol. The number of hydrogen-bond donors (Lipinski definition) is 1. The molecule has 0 spiro atoms. The molecule has 1 N–H and O–H groups in total. The number of hydrogen-bond acceptors (Lipinski definition) is 3. The van der Waals surface area contributed by atoms with Crippen molar-refractivity contribution >= 4 is 28.7 Å². The van der Waals surface area contributed by atoms with Crippen LogP contribution in [0.4, 0.5) is 5.69 Å². The third kappa shape index (κ3) is 4.04. The highest BCUT2D eigenvalue weighted by Crippen LogP contribution is 2.17. The molecule has 1 amide bonds. The zero-order valence-electron chi connectivity index (χ0n) is 16.4. The van der Waals surface area contributed by atoms with Crippen LogP contribution in [0.1, 0.15) is 29.3 Å². The Morgan fingerprint density at radius 1 is 1.14 bits per heavy atom. The minimum absolute atomic E-state index is 0.153. The summed E-state index contributed by atoms with van der Waals surface area (Å²) in [6.45, 7) is 3.28. The number of carbonyl (C=O) groups excluding carboxylic acids is 1. The summed E-state index contributed by atoms with van der Waals surface area (Å²) in [6.07, 6.45) is 5.45. The molecular formula is C24H23N3O2. The average Bonchev–Trinajstić information content (AvgIpc) is 3.27. The van der Waals surface area contributed by atoms with E-state index in [1.54, 1.807) is 16.8 Å². The number of aliphatic imine (C=N–C) groups is 1. The van der Waals surface area contributed by atoms with Gasteiger partial charge in [-0.15, -0.1) is 0 Å². The van der Waals surface area contributed by atoms with Gasteiger partial charge in [0.25, 0.3) is 11.5 Å². The topological polar surface area (TPSA) is 63.5 Å². The van der Waals surface area contributed by atoms with Crippen LogP contribution in [0.3, 0.4) is 0 Å². The van der Waals surface area contributed by atoms with Gasteiger partial charge in [0.05, 0.1) is 12.1 Å². The molecule has 1 aliphatic rings. The van der Waals surface area contributed by atoms with E-state index in [0.717, 1.165) is 23.7 Å². The lowest BCUT2D eigenvalue weighted by Gasteiger charge is -2.13. The van der Waals surface area contributed by atoms with Gasteiger partial charge in [0.15, 0.2) is 0 Å². The van der Waals surface area contributed by atoms with Crippen LogP contribution in [0.25, 0.3) is 10.9 Å². The molecule has 0 fully saturated rings. The molecule has 0 saturated heterocycles. The van der Waals surface area contributed by atoms with E-state index in [-0.39, 0.29) is 17.0 Å². The van der Waals surface area contributed by atoms with Crippen molar-refractivity contribution in [3.8, 4) is 0 Å². The van der Waals surface area contributed by atoms with Gasteiger partial charge in [-0.2, -0.15) is 0 Å². The van der Waals surface area contributed by atoms with Gasteiger partial charge in [-0.3, -0.25) is 14.6 Å². The Kier molecular flexibility index (Phi) is 5.38. The Hall–Kier alpha value is -3.47. The lowest BCUT2D eigenvalue weighted by molar-refractivity contribution is 0.102. The first-order valence-electron chi connectivity index (χ1n) is 9.86. The van der Waals surface area contributed by atoms with Crippen molar-refractivity contribution in [1.82, 2.24) is 4.57 Å². The number of aromatic nitrogens is 1. The fourth-order valence-electron chi connectivity index (χ4n) is 3.53. The molecule has 146 valence electrons. The maximum absolute atomic E-state index is 13.2. The number of benzene rings is 2. The van der Waals surface area contributed by atoms with Crippen LogP contribution in [0.2, 0.25) is 0 Å². The Labute approximate surface area is 169 Å². The first-order chi connectivity index (χ1) is 14.2. The van der Waals surface area contributed by atoms with Crippen LogP contribution >= 0.6 is 0 Å². The second-order valence-corrected chi connectivity index (χ2v) is 7.14. The van der Waals surface area contributed by atoms with E-state index >= 15 is 0 Å². The summed E-state index contributed by atoms with van der Waals surface area (Å²) >= 11 is 0. The van der Waals surface area contributed by atoms with Crippen LogP contribution in [0.15, 0.2) is 76.0 Å². The molecule has 0 saturated carbocycles. The zero-order chi connectivity index (χ0) is 20.2. The number of aryl methyl sites for hydroxylation is 2. The van der Waals surface area contributed by atoms with Crippen LogP contribution < -0.4 is 10.9 Å². The fourth-order valence-corrected chi connectivity index (χ4v) is 3.53. The van der Waals surface area contributed by atoms with Gasteiger partial charge in [-0.25, -0.2) is 0 Å². The molecule has 2 aromatic carbocycles. The molecule has 0 atom stereocenters. The van der Waals surface area contributed by atoms with Crippen molar-refractivity contribution in [3.63, 3.8) is 0 Å². The third-order valence-electron chi connectivity index (χ3n) is 5.23. The van der Waals surface area contributed by atoms with E-state index in [1.807, 2.05) is 54.6 Å². The SMILES string of the molecule is CCc1ccc(NC(=O)c2cc3ccccc3n(CCC3=CC=NC3)c2=O)cc1. The number of fused-ring (bicyclic) bond motifs is 1. The number of allylic oxidation sites excluding steroid dienone is 1. The second-order valence-electron chi connectivity index (χ2n) is 7.14. The summed E-state index contributed by atoms with van der Waals surface area (Å²) in [5.74, 6) is -0.387. The van der Waals surface area contributed by atoms with Gasteiger partial charge in [-0.1, -0.05) is 37.3 Å². The largest absolute Gasteiger partial charge is 0.322 e. The minimum Gasteiger partial charge on any atom is -0.322 e. The fraction of sp³-hybridized carbons (Fsp3) is 0.208. The average molecular weight is 385 g/mol.